The summed E-state index contributed by atoms with van der Waals surface area (Å²) in [6.07, 6.45) is 1.55. The third-order valence-electron chi connectivity index (χ3n) is 6.30. The molecular weight excluding hydrogens is 424 g/mol. The molecule has 166 valence electrons. The van der Waals surface area contributed by atoms with Gasteiger partial charge in [0.1, 0.15) is 4.90 Å². The molecule has 0 N–H and O–H groups in total. The summed E-state index contributed by atoms with van der Waals surface area (Å²) >= 11 is 0. The topological polar surface area (TPSA) is 93.8 Å². The van der Waals surface area contributed by atoms with E-state index in [4.69, 9.17) is 5.26 Å². The van der Waals surface area contributed by atoms with Crippen molar-refractivity contribution >= 4 is 21.8 Å². The summed E-state index contributed by atoms with van der Waals surface area (Å²) in [5.74, 6) is 0.271. The molecule has 0 radical (unpaired) electrons. The number of hydrogen-bond acceptors (Lipinski definition) is 5. The maximum absolute atomic E-state index is 13.5. The summed E-state index contributed by atoms with van der Waals surface area (Å²) in [5, 5.41) is 9.02. The van der Waals surface area contributed by atoms with Gasteiger partial charge < -0.3 is 9.80 Å². The Kier molecular flexibility index (Phi) is 6.02. The van der Waals surface area contributed by atoms with Crippen LogP contribution in [0.4, 0.5) is 0 Å². The van der Waals surface area contributed by atoms with Crippen molar-refractivity contribution < 1.29 is 13.2 Å². The van der Waals surface area contributed by atoms with Gasteiger partial charge in [0, 0.05) is 25.2 Å². The molecule has 0 aromatic heterocycles. The number of carbonyl (C=O) groups is 1. The first-order valence-corrected chi connectivity index (χ1v) is 12.3. The summed E-state index contributed by atoms with van der Waals surface area (Å²) in [6.45, 7) is 5.63. The fraction of sp³-hybridized carbons (Fsp3) is 0.375. The Labute approximate surface area is 189 Å². The lowest BCUT2D eigenvalue weighted by atomic mass is 9.94. The number of hydrogen-bond donors (Lipinski definition) is 0. The zero-order valence-corrected chi connectivity index (χ0v) is 19.0. The molecule has 0 spiro atoms. The Morgan fingerprint density at radius 1 is 1.25 bits per heavy atom. The Bertz CT molecular complexity index is 1200. The largest absolute Gasteiger partial charge is 0.355 e. The second kappa shape index (κ2) is 8.75. The summed E-state index contributed by atoms with van der Waals surface area (Å²) in [6, 6.07) is 16.2. The van der Waals surface area contributed by atoms with Gasteiger partial charge in [-0.3, -0.25) is 4.79 Å². The smallest absolute Gasteiger partial charge is 0.285 e. The first kappa shape index (κ1) is 22.0. The average molecular weight is 451 g/mol. The fourth-order valence-electron chi connectivity index (χ4n) is 4.56. The van der Waals surface area contributed by atoms with Crippen molar-refractivity contribution in [2.45, 2.75) is 37.6 Å². The van der Waals surface area contributed by atoms with Gasteiger partial charge in [-0.25, -0.2) is 0 Å². The number of nitrogens with zero attached hydrogens (tertiary/aromatic N) is 4. The number of sulfonamides is 1. The van der Waals surface area contributed by atoms with Crippen molar-refractivity contribution in [3.8, 4) is 6.07 Å². The molecule has 2 aliphatic heterocycles. The van der Waals surface area contributed by atoms with Crippen LogP contribution >= 0.6 is 0 Å². The highest BCUT2D eigenvalue weighted by molar-refractivity contribution is 7.90. The van der Waals surface area contributed by atoms with Crippen LogP contribution in [0.2, 0.25) is 0 Å². The van der Waals surface area contributed by atoms with Gasteiger partial charge in [0.25, 0.3) is 10.0 Å². The van der Waals surface area contributed by atoms with Crippen molar-refractivity contribution in [2.75, 3.05) is 19.6 Å². The Hall–Kier alpha value is -3.18. The second-order valence-electron chi connectivity index (χ2n) is 8.21. The van der Waals surface area contributed by atoms with Crippen LogP contribution in [0.1, 0.15) is 49.4 Å². The first-order valence-electron chi connectivity index (χ1n) is 10.9. The third kappa shape index (κ3) is 4.00. The number of rotatable bonds is 4. The number of amides is 1. The van der Waals surface area contributed by atoms with Crippen LogP contribution in [0.5, 0.6) is 0 Å². The van der Waals surface area contributed by atoms with Crippen LogP contribution < -0.4 is 0 Å². The normalized spacial score (nSPS) is 20.1. The Morgan fingerprint density at radius 2 is 1.97 bits per heavy atom. The SMILES string of the molecule is CCN(C(=O)C1CCCN(C2=NS(=O)(=O)c3ccccc32)C1)C(C)c1ccc(C#N)cc1. The molecule has 7 nitrogen and oxygen atoms in total. The Balaban J connectivity index is 1.54. The highest BCUT2D eigenvalue weighted by Crippen LogP contribution is 2.31. The molecule has 4 rings (SSSR count). The van der Waals surface area contributed by atoms with E-state index in [1.165, 1.54) is 0 Å². The number of fused-ring (bicyclic) bond motifs is 1. The molecule has 1 amide bonds. The lowest BCUT2D eigenvalue weighted by molar-refractivity contribution is -0.138. The zero-order chi connectivity index (χ0) is 22.9. The van der Waals surface area contributed by atoms with E-state index >= 15 is 0 Å². The molecule has 2 atom stereocenters. The first-order chi connectivity index (χ1) is 15.4. The van der Waals surface area contributed by atoms with Crippen LogP contribution in [0, 0.1) is 17.2 Å². The molecule has 2 unspecified atom stereocenters. The van der Waals surface area contributed by atoms with E-state index in [1.807, 2.05) is 35.8 Å². The van der Waals surface area contributed by atoms with Crippen molar-refractivity contribution in [2.24, 2.45) is 10.3 Å². The number of likely N-dealkylation sites (tertiary alicyclic amines) is 1. The third-order valence-corrected chi connectivity index (χ3v) is 7.62. The quantitative estimate of drug-likeness (QED) is 0.712. The molecule has 0 saturated carbocycles. The molecule has 1 saturated heterocycles. The molecule has 0 aliphatic carbocycles. The lowest BCUT2D eigenvalue weighted by Gasteiger charge is -2.37. The number of amidine groups is 1. The van der Waals surface area contributed by atoms with Crippen LogP contribution in [0.3, 0.4) is 0 Å². The molecule has 8 heteroatoms. The van der Waals surface area contributed by atoms with Crippen LogP contribution in [0.15, 0.2) is 57.8 Å². The summed E-state index contributed by atoms with van der Waals surface area (Å²) in [5.41, 5.74) is 2.18. The van der Waals surface area contributed by atoms with E-state index in [2.05, 4.69) is 10.5 Å². The van der Waals surface area contributed by atoms with Gasteiger partial charge in [-0.05, 0) is 56.5 Å². The number of carbonyl (C=O) groups excluding carboxylic acids is 1. The summed E-state index contributed by atoms with van der Waals surface area (Å²) in [4.78, 5) is 17.5. The van der Waals surface area contributed by atoms with E-state index < -0.39 is 10.0 Å². The monoisotopic (exact) mass is 450 g/mol. The molecule has 1 fully saturated rings. The number of nitriles is 1. The predicted molar refractivity (Wildman–Crippen MR) is 121 cm³/mol. The van der Waals surface area contributed by atoms with Crippen molar-refractivity contribution in [3.05, 3.63) is 65.2 Å². The van der Waals surface area contributed by atoms with E-state index in [0.717, 1.165) is 18.4 Å². The molecule has 2 aliphatic rings. The number of benzene rings is 2. The van der Waals surface area contributed by atoms with E-state index in [1.54, 1.807) is 36.4 Å². The van der Waals surface area contributed by atoms with E-state index in [9.17, 15) is 13.2 Å². The standard InChI is InChI=1S/C24H26N4O3S/c1-3-28(17(2)19-12-10-18(15-25)11-13-19)24(29)20-7-6-14-27(16-20)23-21-8-4-5-9-22(21)32(30,31)26-23/h4-5,8-13,17,20H,3,6-7,14,16H2,1-2H3. The second-order valence-corrected chi connectivity index (χ2v) is 9.78. The molecule has 32 heavy (non-hydrogen) atoms. The highest BCUT2D eigenvalue weighted by atomic mass is 32.2. The van der Waals surface area contributed by atoms with Gasteiger partial charge in [0.05, 0.1) is 23.6 Å². The van der Waals surface area contributed by atoms with Crippen molar-refractivity contribution in [1.82, 2.24) is 9.80 Å². The lowest BCUT2D eigenvalue weighted by Crippen LogP contribution is -2.47. The molecule has 2 heterocycles. The van der Waals surface area contributed by atoms with Crippen LogP contribution in [-0.4, -0.2) is 49.6 Å². The van der Waals surface area contributed by atoms with Crippen LogP contribution in [0.25, 0.3) is 0 Å². The van der Waals surface area contributed by atoms with Crippen molar-refractivity contribution in [1.29, 1.82) is 5.26 Å². The van der Waals surface area contributed by atoms with Gasteiger partial charge in [-0.15, -0.1) is 4.40 Å². The van der Waals surface area contributed by atoms with E-state index in [0.29, 0.717) is 36.6 Å². The minimum absolute atomic E-state index is 0.0591. The fourth-order valence-corrected chi connectivity index (χ4v) is 5.79. The van der Waals surface area contributed by atoms with Crippen LogP contribution in [-0.2, 0) is 14.8 Å². The van der Waals surface area contributed by atoms with Crippen molar-refractivity contribution in [3.63, 3.8) is 0 Å². The Morgan fingerprint density at radius 3 is 2.66 bits per heavy atom. The van der Waals surface area contributed by atoms with Gasteiger partial charge in [0.15, 0.2) is 5.84 Å². The molecule has 2 aromatic rings. The highest BCUT2D eigenvalue weighted by Gasteiger charge is 2.36. The minimum Gasteiger partial charge on any atom is -0.355 e. The van der Waals surface area contributed by atoms with Gasteiger partial charge in [-0.2, -0.15) is 13.7 Å². The van der Waals surface area contributed by atoms with Gasteiger partial charge in [-0.1, -0.05) is 24.3 Å². The average Bonchev–Trinajstić information content (AvgIpc) is 3.10. The zero-order valence-electron chi connectivity index (χ0n) is 18.2. The minimum atomic E-state index is -3.69. The summed E-state index contributed by atoms with van der Waals surface area (Å²) in [7, 11) is -3.69. The maximum Gasteiger partial charge on any atom is 0.285 e. The van der Waals surface area contributed by atoms with E-state index in [-0.39, 0.29) is 22.8 Å². The summed E-state index contributed by atoms with van der Waals surface area (Å²) < 4.78 is 29.0. The predicted octanol–water partition coefficient (Wildman–Crippen LogP) is 3.33. The number of piperidine rings is 1. The molecule has 2 aromatic carbocycles. The van der Waals surface area contributed by atoms with Gasteiger partial charge >= 0.3 is 0 Å². The van der Waals surface area contributed by atoms with Gasteiger partial charge in [0.2, 0.25) is 5.91 Å². The molecule has 0 bridgehead atoms. The maximum atomic E-state index is 13.5. The molecular formula is C24H26N4O3S.